The average molecular weight is 308 g/mol. The molecule has 1 aliphatic rings. The van der Waals surface area contributed by atoms with Crippen molar-refractivity contribution < 1.29 is 4.79 Å². The molecule has 0 fully saturated rings. The zero-order chi connectivity index (χ0) is 16.7. The molecule has 0 aliphatic heterocycles. The van der Waals surface area contributed by atoms with Crippen LogP contribution in [0.15, 0.2) is 60.7 Å². The van der Waals surface area contributed by atoms with Crippen molar-refractivity contribution in [3.8, 4) is 0 Å². The predicted octanol–water partition coefficient (Wildman–Crippen LogP) is 6.07. The number of hydrogen-bond acceptors (Lipinski definition) is 1. The molecular weight excluding hydrogens is 280 g/mol. The topological polar surface area (TPSA) is 17.1 Å². The molecule has 0 spiro atoms. The third-order valence-corrected chi connectivity index (χ3v) is 4.71. The van der Waals surface area contributed by atoms with Crippen LogP contribution in [0.5, 0.6) is 0 Å². The van der Waals surface area contributed by atoms with Gasteiger partial charge in [0.05, 0.1) is 0 Å². The highest BCUT2D eigenvalue weighted by molar-refractivity contribution is 6.03. The van der Waals surface area contributed by atoms with E-state index in [0.717, 1.165) is 44.1 Å². The first-order chi connectivity index (χ1) is 11.1. The number of fused-ring (bicyclic) bond motifs is 1. The summed E-state index contributed by atoms with van der Waals surface area (Å²) in [6.45, 7) is 8.14. The maximum absolute atomic E-state index is 13.0. The molecule has 1 heteroatoms. The molecule has 0 unspecified atom stereocenters. The number of carbonyl (C=O) groups is 1. The molecule has 0 N–H and O–H groups in total. The Bertz CT molecular complexity index is 617. The van der Waals surface area contributed by atoms with Crippen LogP contribution in [0.3, 0.4) is 0 Å². The van der Waals surface area contributed by atoms with E-state index < -0.39 is 0 Å². The minimum atomic E-state index is -0.289. The Balaban J connectivity index is 2.08. The molecule has 0 radical (unpaired) electrons. The molecule has 0 saturated heterocycles. The van der Waals surface area contributed by atoms with Crippen LogP contribution in [0.2, 0.25) is 0 Å². The highest BCUT2D eigenvalue weighted by atomic mass is 16.1. The Hall–Kier alpha value is -1.89. The molecule has 0 amide bonds. The molecule has 1 atom stereocenters. The predicted molar refractivity (Wildman–Crippen MR) is 98.8 cm³/mol. The molecule has 1 aromatic rings. The summed E-state index contributed by atoms with van der Waals surface area (Å²) in [4.78, 5) is 13.0. The van der Waals surface area contributed by atoms with E-state index in [1.165, 1.54) is 11.1 Å². The van der Waals surface area contributed by atoms with Gasteiger partial charge in [0, 0.05) is 11.0 Å². The van der Waals surface area contributed by atoms with Crippen molar-refractivity contribution in [1.29, 1.82) is 0 Å². The van der Waals surface area contributed by atoms with Crippen LogP contribution in [0.25, 0.3) is 0 Å². The third-order valence-electron chi connectivity index (χ3n) is 4.71. The quantitative estimate of drug-likeness (QED) is 0.441. The van der Waals surface area contributed by atoms with Crippen LogP contribution in [-0.2, 0) is 6.42 Å². The summed E-state index contributed by atoms with van der Waals surface area (Å²) in [6, 6.07) is 8.05. The van der Waals surface area contributed by atoms with Gasteiger partial charge in [0.15, 0.2) is 5.78 Å². The zero-order valence-electron chi connectivity index (χ0n) is 14.5. The van der Waals surface area contributed by atoms with Crippen molar-refractivity contribution in [2.24, 2.45) is 5.41 Å². The van der Waals surface area contributed by atoms with Crippen molar-refractivity contribution in [1.82, 2.24) is 0 Å². The van der Waals surface area contributed by atoms with Gasteiger partial charge in [-0.25, -0.2) is 0 Å². The van der Waals surface area contributed by atoms with Crippen molar-refractivity contribution in [3.05, 3.63) is 71.8 Å². The van der Waals surface area contributed by atoms with Crippen LogP contribution in [0.4, 0.5) is 0 Å². The molecule has 0 saturated carbocycles. The molecule has 0 bridgehead atoms. The van der Waals surface area contributed by atoms with E-state index in [4.69, 9.17) is 0 Å². The summed E-state index contributed by atoms with van der Waals surface area (Å²) in [7, 11) is 0. The SMILES string of the molecule is C=CC[C@]1(C/C=C/CCC=C(C)C)CCc2ccccc2C1=O. The number of rotatable bonds is 7. The van der Waals surface area contributed by atoms with Gasteiger partial charge in [0.1, 0.15) is 0 Å². The molecule has 1 nitrogen and oxygen atoms in total. The largest absolute Gasteiger partial charge is 0.294 e. The van der Waals surface area contributed by atoms with Gasteiger partial charge in [0.2, 0.25) is 0 Å². The minimum absolute atomic E-state index is 0.289. The number of unbranched alkanes of at least 4 members (excludes halogenated alkanes) is 1. The number of hydrogen-bond donors (Lipinski definition) is 0. The maximum atomic E-state index is 13.0. The molecule has 23 heavy (non-hydrogen) atoms. The Kier molecular flexibility index (Phi) is 6.15. The number of ketones is 1. The van der Waals surface area contributed by atoms with Crippen molar-refractivity contribution >= 4 is 5.78 Å². The van der Waals surface area contributed by atoms with Crippen LogP contribution in [0.1, 0.15) is 61.9 Å². The van der Waals surface area contributed by atoms with Crippen molar-refractivity contribution in [2.45, 2.75) is 52.4 Å². The fourth-order valence-electron chi connectivity index (χ4n) is 3.38. The first kappa shape index (κ1) is 17.5. The van der Waals surface area contributed by atoms with Gasteiger partial charge in [-0.3, -0.25) is 4.79 Å². The van der Waals surface area contributed by atoms with Gasteiger partial charge in [-0.2, -0.15) is 0 Å². The first-order valence-corrected chi connectivity index (χ1v) is 8.61. The highest BCUT2D eigenvalue weighted by Gasteiger charge is 2.40. The number of Topliss-reactive ketones (excluding diaryl/α,β-unsaturated/α-hetero) is 1. The number of allylic oxidation sites excluding steroid dienone is 5. The molecule has 2 rings (SSSR count). The number of benzene rings is 1. The summed E-state index contributed by atoms with van der Waals surface area (Å²) in [5.74, 6) is 0.299. The molecule has 1 aliphatic carbocycles. The molecule has 1 aromatic carbocycles. The Morgan fingerprint density at radius 1 is 1.17 bits per heavy atom. The van der Waals surface area contributed by atoms with E-state index in [1.54, 1.807) is 0 Å². The number of carbonyl (C=O) groups excluding carboxylic acids is 1. The lowest BCUT2D eigenvalue weighted by molar-refractivity contribution is 0.0763. The fraction of sp³-hybridized carbons (Fsp3) is 0.409. The minimum Gasteiger partial charge on any atom is -0.294 e. The average Bonchev–Trinajstić information content (AvgIpc) is 2.54. The zero-order valence-corrected chi connectivity index (χ0v) is 14.5. The second-order valence-electron chi connectivity index (χ2n) is 6.79. The molecule has 0 heterocycles. The normalized spacial score (nSPS) is 20.3. The summed E-state index contributed by atoms with van der Waals surface area (Å²) < 4.78 is 0. The van der Waals surface area contributed by atoms with Gasteiger partial charge in [-0.1, -0.05) is 54.1 Å². The lowest BCUT2D eigenvalue weighted by Gasteiger charge is -2.35. The monoisotopic (exact) mass is 308 g/mol. The lowest BCUT2D eigenvalue weighted by atomic mass is 9.66. The second kappa shape index (κ2) is 8.10. The highest BCUT2D eigenvalue weighted by Crippen LogP contribution is 2.41. The maximum Gasteiger partial charge on any atom is 0.169 e. The Labute approximate surface area is 140 Å². The van der Waals surface area contributed by atoms with Gasteiger partial charge in [-0.15, -0.1) is 6.58 Å². The summed E-state index contributed by atoms with van der Waals surface area (Å²) in [6.07, 6.45) is 14.2. The third kappa shape index (κ3) is 4.31. The van der Waals surface area contributed by atoms with E-state index >= 15 is 0 Å². The molecule has 0 aromatic heterocycles. The van der Waals surface area contributed by atoms with Crippen LogP contribution in [0, 0.1) is 5.41 Å². The van der Waals surface area contributed by atoms with Crippen LogP contribution >= 0.6 is 0 Å². The van der Waals surface area contributed by atoms with E-state index in [0.29, 0.717) is 5.78 Å². The van der Waals surface area contributed by atoms with E-state index in [9.17, 15) is 4.79 Å². The Morgan fingerprint density at radius 3 is 2.70 bits per heavy atom. The summed E-state index contributed by atoms with van der Waals surface area (Å²) >= 11 is 0. The van der Waals surface area contributed by atoms with Crippen LogP contribution < -0.4 is 0 Å². The Morgan fingerprint density at radius 2 is 1.96 bits per heavy atom. The smallest absolute Gasteiger partial charge is 0.169 e. The lowest BCUT2D eigenvalue weighted by Crippen LogP contribution is -2.35. The fourth-order valence-corrected chi connectivity index (χ4v) is 3.38. The summed E-state index contributed by atoms with van der Waals surface area (Å²) in [5.41, 5.74) is 3.19. The van der Waals surface area contributed by atoms with Crippen molar-refractivity contribution in [2.75, 3.05) is 0 Å². The van der Waals surface area contributed by atoms with E-state index in [2.05, 4.69) is 44.7 Å². The van der Waals surface area contributed by atoms with Gasteiger partial charge < -0.3 is 0 Å². The van der Waals surface area contributed by atoms with Gasteiger partial charge >= 0.3 is 0 Å². The first-order valence-electron chi connectivity index (χ1n) is 8.61. The van der Waals surface area contributed by atoms with Gasteiger partial charge in [0.25, 0.3) is 0 Å². The number of aryl methyl sites for hydroxylation is 1. The van der Waals surface area contributed by atoms with Gasteiger partial charge in [-0.05, 0) is 57.9 Å². The summed E-state index contributed by atoms with van der Waals surface area (Å²) in [5, 5.41) is 0. The molecule has 122 valence electrons. The second-order valence-corrected chi connectivity index (χ2v) is 6.79. The molecular formula is C22H28O. The standard InChI is InChI=1S/C22H28O/c1-4-15-22(16-10-6-5-7-11-18(2)3)17-14-19-12-8-9-13-20(19)21(22)23/h4,6,8-13H,1,5,7,14-17H2,2-3H3/b10-6+/t22-/m0/s1. The van der Waals surface area contributed by atoms with E-state index in [-0.39, 0.29) is 5.41 Å². The van der Waals surface area contributed by atoms with Crippen LogP contribution in [-0.4, -0.2) is 5.78 Å². The van der Waals surface area contributed by atoms with Crippen molar-refractivity contribution in [3.63, 3.8) is 0 Å². The van der Waals surface area contributed by atoms with E-state index in [1.807, 2.05) is 24.3 Å².